The molecule has 29 heavy (non-hydrogen) atoms. The quantitative estimate of drug-likeness (QED) is 0.691. The lowest BCUT2D eigenvalue weighted by Crippen LogP contribution is -2.42. The van der Waals surface area contributed by atoms with Crippen LogP contribution in [0, 0.1) is 6.92 Å². The van der Waals surface area contributed by atoms with Gasteiger partial charge in [0, 0.05) is 36.5 Å². The van der Waals surface area contributed by atoms with E-state index in [9.17, 15) is 4.79 Å². The number of hydrogen-bond acceptors (Lipinski definition) is 5. The molecule has 2 aromatic heterocycles. The van der Waals surface area contributed by atoms with Gasteiger partial charge in [0.25, 0.3) is 5.56 Å². The molecule has 0 amide bonds. The molecule has 0 radical (unpaired) electrons. The summed E-state index contributed by atoms with van der Waals surface area (Å²) in [6.45, 7) is 5.75. The van der Waals surface area contributed by atoms with Gasteiger partial charge >= 0.3 is 0 Å². The summed E-state index contributed by atoms with van der Waals surface area (Å²) >= 11 is 0. The van der Waals surface area contributed by atoms with Crippen LogP contribution in [-0.2, 0) is 18.5 Å². The largest absolute Gasteiger partial charge is 0.299 e. The zero-order valence-electron chi connectivity index (χ0n) is 16.7. The van der Waals surface area contributed by atoms with Crippen molar-refractivity contribution in [3.63, 3.8) is 0 Å². The average Bonchev–Trinajstić information content (AvgIpc) is 3.11. The van der Waals surface area contributed by atoms with Crippen molar-refractivity contribution < 1.29 is 0 Å². The van der Waals surface area contributed by atoms with Crippen LogP contribution in [0.4, 0.5) is 0 Å². The number of aryl methyl sites for hydroxylation is 1. The number of likely N-dealkylation sites (tertiary alicyclic amines) is 1. The first-order valence-electron chi connectivity index (χ1n) is 10.3. The highest BCUT2D eigenvalue weighted by molar-refractivity contribution is 5.58. The van der Waals surface area contributed by atoms with Gasteiger partial charge in [-0.2, -0.15) is 0 Å². The first kappa shape index (κ1) is 18.2. The molecule has 2 aliphatic heterocycles. The van der Waals surface area contributed by atoms with E-state index in [1.54, 1.807) is 0 Å². The third kappa shape index (κ3) is 3.27. The second-order valence-electron chi connectivity index (χ2n) is 8.36. The second-order valence-corrected chi connectivity index (χ2v) is 8.36. The molecule has 148 valence electrons. The SMILES string of the molecule is Cc1ccc(-c2nnc3n(c2=O)CCC32CCN(Cc3ccncc3)CC2)cc1. The van der Waals surface area contributed by atoms with Crippen molar-refractivity contribution in [3.8, 4) is 11.3 Å². The molecule has 0 aliphatic carbocycles. The average molecular weight is 387 g/mol. The maximum atomic E-state index is 13.1. The highest BCUT2D eigenvalue weighted by Crippen LogP contribution is 2.41. The first-order chi connectivity index (χ1) is 14.1. The molecule has 1 spiro atoms. The van der Waals surface area contributed by atoms with Crippen LogP contribution < -0.4 is 5.56 Å². The number of pyridine rings is 1. The highest BCUT2D eigenvalue weighted by Gasteiger charge is 2.44. The minimum Gasteiger partial charge on any atom is -0.299 e. The smallest absolute Gasteiger partial charge is 0.280 e. The van der Waals surface area contributed by atoms with Crippen LogP contribution in [0.25, 0.3) is 11.3 Å². The predicted octanol–water partition coefficient (Wildman–Crippen LogP) is 2.95. The van der Waals surface area contributed by atoms with Crippen LogP contribution in [0.5, 0.6) is 0 Å². The lowest BCUT2D eigenvalue weighted by atomic mass is 9.76. The molecule has 0 N–H and O–H groups in total. The fourth-order valence-electron chi connectivity index (χ4n) is 4.71. The lowest BCUT2D eigenvalue weighted by Gasteiger charge is -2.38. The zero-order chi connectivity index (χ0) is 19.8. The van der Waals surface area contributed by atoms with E-state index in [4.69, 9.17) is 0 Å². The van der Waals surface area contributed by atoms with Gasteiger partial charge in [-0.15, -0.1) is 10.2 Å². The molecular formula is C23H25N5O. The third-order valence-electron chi connectivity index (χ3n) is 6.53. The Labute approximate surface area is 170 Å². The highest BCUT2D eigenvalue weighted by atomic mass is 16.1. The summed E-state index contributed by atoms with van der Waals surface area (Å²) < 4.78 is 1.88. The number of benzene rings is 1. The Balaban J connectivity index is 1.37. The molecule has 4 heterocycles. The van der Waals surface area contributed by atoms with E-state index in [-0.39, 0.29) is 11.0 Å². The lowest BCUT2D eigenvalue weighted by molar-refractivity contribution is 0.149. The van der Waals surface area contributed by atoms with Crippen molar-refractivity contribution >= 4 is 0 Å². The summed E-state index contributed by atoms with van der Waals surface area (Å²) in [6, 6.07) is 12.1. The number of hydrogen-bond donors (Lipinski definition) is 0. The van der Waals surface area contributed by atoms with Gasteiger partial charge in [0.2, 0.25) is 0 Å². The van der Waals surface area contributed by atoms with Gasteiger partial charge in [-0.3, -0.25) is 19.2 Å². The molecule has 0 bridgehead atoms. The van der Waals surface area contributed by atoms with Crippen LogP contribution >= 0.6 is 0 Å². The van der Waals surface area contributed by atoms with E-state index in [0.717, 1.165) is 56.8 Å². The van der Waals surface area contributed by atoms with Crippen molar-refractivity contribution in [3.05, 3.63) is 76.1 Å². The summed E-state index contributed by atoms with van der Waals surface area (Å²) in [4.78, 5) is 19.7. The van der Waals surface area contributed by atoms with Crippen molar-refractivity contribution in [1.29, 1.82) is 0 Å². The molecule has 0 saturated carbocycles. The number of fused-ring (bicyclic) bond motifs is 2. The van der Waals surface area contributed by atoms with Gasteiger partial charge in [-0.05, 0) is 57.0 Å². The van der Waals surface area contributed by atoms with Crippen LogP contribution in [0.15, 0.2) is 53.6 Å². The Morgan fingerprint density at radius 3 is 2.34 bits per heavy atom. The minimum absolute atomic E-state index is 0.00468. The molecule has 6 nitrogen and oxygen atoms in total. The van der Waals surface area contributed by atoms with Gasteiger partial charge in [0.1, 0.15) is 5.82 Å². The van der Waals surface area contributed by atoms with E-state index in [0.29, 0.717) is 5.69 Å². The van der Waals surface area contributed by atoms with E-state index in [1.165, 1.54) is 11.1 Å². The number of rotatable bonds is 3. The van der Waals surface area contributed by atoms with Gasteiger partial charge in [0.15, 0.2) is 5.69 Å². The zero-order valence-corrected chi connectivity index (χ0v) is 16.7. The van der Waals surface area contributed by atoms with Crippen LogP contribution in [0.3, 0.4) is 0 Å². The normalized spacial score (nSPS) is 18.1. The predicted molar refractivity (Wildman–Crippen MR) is 112 cm³/mol. The molecule has 6 heteroatoms. The van der Waals surface area contributed by atoms with Crippen molar-refractivity contribution in [1.82, 2.24) is 24.6 Å². The van der Waals surface area contributed by atoms with Crippen LogP contribution in [0.1, 0.15) is 36.2 Å². The van der Waals surface area contributed by atoms with Gasteiger partial charge in [0.05, 0.1) is 0 Å². The molecule has 3 aromatic rings. The summed E-state index contributed by atoms with van der Waals surface area (Å²) in [6.07, 6.45) is 6.73. The Morgan fingerprint density at radius 2 is 1.62 bits per heavy atom. The Morgan fingerprint density at radius 1 is 0.931 bits per heavy atom. The molecule has 1 aromatic carbocycles. The number of aromatic nitrogens is 4. The molecule has 1 saturated heterocycles. The van der Waals surface area contributed by atoms with Crippen molar-refractivity contribution in [2.75, 3.05) is 13.1 Å². The Kier molecular flexibility index (Phi) is 4.51. The summed E-state index contributed by atoms with van der Waals surface area (Å²) in [5.74, 6) is 0.891. The number of nitrogens with zero attached hydrogens (tertiary/aromatic N) is 5. The van der Waals surface area contributed by atoms with E-state index in [2.05, 4.69) is 32.2 Å². The molecule has 0 unspecified atom stereocenters. The maximum absolute atomic E-state index is 13.1. The monoisotopic (exact) mass is 387 g/mol. The standard InChI is InChI=1S/C23H25N5O/c1-17-2-4-19(5-3-17)20-21(29)28-15-10-23(22(28)26-25-20)8-13-27(14-9-23)16-18-6-11-24-12-7-18/h2-7,11-12H,8-10,13-16H2,1H3. The molecule has 1 fully saturated rings. The van der Waals surface area contributed by atoms with Crippen LogP contribution in [0.2, 0.25) is 0 Å². The van der Waals surface area contributed by atoms with E-state index < -0.39 is 0 Å². The molecule has 5 rings (SSSR count). The maximum Gasteiger partial charge on any atom is 0.280 e. The Bertz CT molecular complexity index is 1070. The fraction of sp³-hybridized carbons (Fsp3) is 0.391. The molecule has 2 aliphatic rings. The molecule has 0 atom stereocenters. The summed E-state index contributed by atoms with van der Waals surface area (Å²) in [5, 5.41) is 8.97. The van der Waals surface area contributed by atoms with E-state index >= 15 is 0 Å². The molecular weight excluding hydrogens is 362 g/mol. The number of piperidine rings is 1. The van der Waals surface area contributed by atoms with Crippen molar-refractivity contribution in [2.24, 2.45) is 0 Å². The Hall–Kier alpha value is -2.86. The topological polar surface area (TPSA) is 63.9 Å². The fourth-order valence-corrected chi connectivity index (χ4v) is 4.71. The van der Waals surface area contributed by atoms with Gasteiger partial charge < -0.3 is 0 Å². The van der Waals surface area contributed by atoms with Crippen molar-refractivity contribution in [2.45, 2.75) is 44.7 Å². The van der Waals surface area contributed by atoms with Crippen LogP contribution in [-0.4, -0.2) is 37.7 Å². The third-order valence-corrected chi connectivity index (χ3v) is 6.53. The van der Waals surface area contributed by atoms with Gasteiger partial charge in [-0.1, -0.05) is 29.8 Å². The first-order valence-corrected chi connectivity index (χ1v) is 10.3. The van der Waals surface area contributed by atoms with Gasteiger partial charge in [-0.25, -0.2) is 0 Å². The summed E-state index contributed by atoms with van der Waals surface area (Å²) in [5.41, 5.74) is 3.75. The minimum atomic E-state index is -0.00723. The second kappa shape index (κ2) is 7.19. The van der Waals surface area contributed by atoms with E-state index in [1.807, 2.05) is 48.1 Å². The summed E-state index contributed by atoms with van der Waals surface area (Å²) in [7, 11) is 0.